The lowest BCUT2D eigenvalue weighted by atomic mass is 9.95. The van der Waals surface area contributed by atoms with Gasteiger partial charge in [0, 0.05) is 46.8 Å². The van der Waals surface area contributed by atoms with Crippen molar-refractivity contribution in [3.8, 4) is 39.6 Å². The number of alkyl carbamates (subject to hydrolysis) is 1. The van der Waals surface area contributed by atoms with E-state index in [9.17, 15) is 30.0 Å². The Morgan fingerprint density at radius 3 is 2.22 bits per heavy atom. The molecule has 4 aromatic rings. The Labute approximate surface area is 358 Å². The molecular weight excluding hydrogens is 810 g/mol. The number of hydrogen-bond donors (Lipinski definition) is 3. The van der Waals surface area contributed by atoms with Crippen LogP contribution < -0.4 is 20.3 Å². The first kappa shape index (κ1) is 44.7. The molecule has 1 fully saturated rings. The standard InChI is InChI=1S/C43H48ClN7O6S2/c1-26(2)21-34(39(52)53)48-40(54)43(6,50-41(55)57-42(3,4)5)17-20-56-31-15-11-27(12-16-31)35-32(22-45)36(51-18-7-8-19-51)49-38(33(35)23-46)59-25-30-24-58-37(47-30)28-9-13-29(44)14-10-28/h9-16,24,26,34H,7-8,17-21,25H2,1-6H3,(H,48,54)(H,50,55)(H,52,53)/t34-,43+/m0/s1. The zero-order chi connectivity index (χ0) is 42.9. The molecule has 16 heteroatoms. The second-order valence-corrected chi connectivity index (χ2v) is 18.1. The highest BCUT2D eigenvalue weighted by Gasteiger charge is 2.39. The number of thiazole rings is 1. The summed E-state index contributed by atoms with van der Waals surface area (Å²) in [6.07, 6.45) is 1.26. The third-order valence-corrected chi connectivity index (χ3v) is 11.6. The molecule has 0 unspecified atom stereocenters. The van der Waals surface area contributed by atoms with E-state index in [0.29, 0.717) is 44.1 Å². The minimum absolute atomic E-state index is 0.0103. The minimum atomic E-state index is -1.59. The number of carboxylic acid groups (broad SMARTS) is 1. The Balaban J connectivity index is 1.38. The fourth-order valence-corrected chi connectivity index (χ4v) is 8.35. The number of amides is 2. The van der Waals surface area contributed by atoms with E-state index in [4.69, 9.17) is 31.0 Å². The maximum Gasteiger partial charge on any atom is 0.408 e. The van der Waals surface area contributed by atoms with Crippen LogP contribution in [0.15, 0.2) is 58.9 Å². The summed E-state index contributed by atoms with van der Waals surface area (Å²) in [6, 6.07) is 17.9. The molecule has 310 valence electrons. The number of anilines is 1. The first-order valence-corrected chi connectivity index (χ1v) is 21.5. The third kappa shape index (κ3) is 11.9. The second-order valence-electron chi connectivity index (χ2n) is 15.8. The predicted octanol–water partition coefficient (Wildman–Crippen LogP) is 8.83. The average molecular weight is 858 g/mol. The first-order valence-electron chi connectivity index (χ1n) is 19.2. The fraction of sp³-hybridized carbons (Fsp3) is 0.419. The molecule has 0 bridgehead atoms. The van der Waals surface area contributed by atoms with Gasteiger partial charge in [-0.1, -0.05) is 61.5 Å². The summed E-state index contributed by atoms with van der Waals surface area (Å²) in [7, 11) is 0. The number of nitrogens with one attached hydrogen (secondary N) is 2. The van der Waals surface area contributed by atoms with Gasteiger partial charge < -0.3 is 30.1 Å². The van der Waals surface area contributed by atoms with Crippen molar-refractivity contribution in [2.45, 2.75) is 95.2 Å². The third-order valence-electron chi connectivity index (χ3n) is 9.38. The Hall–Kier alpha value is -5.35. The highest BCUT2D eigenvalue weighted by molar-refractivity contribution is 7.98. The second kappa shape index (κ2) is 19.6. The molecule has 1 saturated heterocycles. The van der Waals surface area contributed by atoms with E-state index < -0.39 is 35.2 Å². The van der Waals surface area contributed by atoms with Crippen molar-refractivity contribution in [1.82, 2.24) is 20.6 Å². The molecule has 0 radical (unpaired) electrons. The molecule has 3 N–H and O–H groups in total. The van der Waals surface area contributed by atoms with Gasteiger partial charge in [0.2, 0.25) is 5.91 Å². The van der Waals surface area contributed by atoms with Gasteiger partial charge in [-0.3, -0.25) is 4.79 Å². The number of aliphatic carboxylic acids is 1. The van der Waals surface area contributed by atoms with E-state index in [1.165, 1.54) is 30.0 Å². The van der Waals surface area contributed by atoms with Gasteiger partial charge in [-0.05, 0) is 82.7 Å². The van der Waals surface area contributed by atoms with Crippen LogP contribution >= 0.6 is 34.7 Å². The van der Waals surface area contributed by atoms with Crippen LogP contribution in [0.2, 0.25) is 5.02 Å². The molecule has 0 saturated carbocycles. The predicted molar refractivity (Wildman–Crippen MR) is 230 cm³/mol. The lowest BCUT2D eigenvalue weighted by Gasteiger charge is -2.32. The van der Waals surface area contributed by atoms with Crippen molar-refractivity contribution < 1.29 is 29.0 Å². The molecule has 0 aliphatic carbocycles. The van der Waals surface area contributed by atoms with Crippen LogP contribution in [-0.2, 0) is 20.1 Å². The van der Waals surface area contributed by atoms with Gasteiger partial charge in [-0.25, -0.2) is 19.6 Å². The van der Waals surface area contributed by atoms with Crippen LogP contribution in [0.3, 0.4) is 0 Å². The molecule has 1 aliphatic heterocycles. The van der Waals surface area contributed by atoms with Crippen LogP contribution in [0.25, 0.3) is 21.7 Å². The summed E-state index contributed by atoms with van der Waals surface area (Å²) in [5.74, 6) is -0.465. The quantitative estimate of drug-likeness (QED) is 0.0909. The molecular formula is C43H48ClN7O6S2. The molecule has 2 aromatic carbocycles. The highest BCUT2D eigenvalue weighted by Crippen LogP contribution is 2.40. The average Bonchev–Trinajstić information content (AvgIpc) is 3.89. The lowest BCUT2D eigenvalue weighted by molar-refractivity contribution is -0.143. The number of ether oxygens (including phenoxy) is 2. The number of nitriles is 2. The zero-order valence-corrected chi connectivity index (χ0v) is 36.3. The van der Waals surface area contributed by atoms with E-state index in [0.717, 1.165) is 42.2 Å². The molecule has 3 heterocycles. The highest BCUT2D eigenvalue weighted by atomic mass is 35.5. The van der Waals surface area contributed by atoms with Gasteiger partial charge in [0.05, 0.1) is 17.9 Å². The van der Waals surface area contributed by atoms with Crippen LogP contribution in [0.4, 0.5) is 10.6 Å². The van der Waals surface area contributed by atoms with Crippen molar-refractivity contribution in [2.24, 2.45) is 5.92 Å². The Kier molecular flexibility index (Phi) is 14.9. The Morgan fingerprint density at radius 2 is 1.63 bits per heavy atom. The van der Waals surface area contributed by atoms with Gasteiger partial charge in [0.1, 0.15) is 56.5 Å². The number of thioether (sulfide) groups is 1. The number of rotatable bonds is 16. The molecule has 1 aliphatic rings. The van der Waals surface area contributed by atoms with Crippen molar-refractivity contribution >= 4 is 58.5 Å². The number of nitrogens with zero attached hydrogens (tertiary/aromatic N) is 5. The molecule has 0 spiro atoms. The van der Waals surface area contributed by atoms with E-state index in [1.807, 2.05) is 43.5 Å². The molecule has 2 amide bonds. The van der Waals surface area contributed by atoms with Gasteiger partial charge in [-0.2, -0.15) is 10.5 Å². The number of carbonyl (C=O) groups excluding carboxylic acids is 2. The number of hydrogen-bond acceptors (Lipinski definition) is 12. The van der Waals surface area contributed by atoms with Gasteiger partial charge in [0.25, 0.3) is 0 Å². The fourth-order valence-electron chi connectivity index (χ4n) is 6.42. The monoisotopic (exact) mass is 857 g/mol. The van der Waals surface area contributed by atoms with Gasteiger partial charge in [-0.15, -0.1) is 11.3 Å². The molecule has 5 rings (SSSR count). The van der Waals surface area contributed by atoms with E-state index in [-0.39, 0.29) is 30.9 Å². The van der Waals surface area contributed by atoms with E-state index in [2.05, 4.69) is 27.7 Å². The van der Waals surface area contributed by atoms with E-state index >= 15 is 0 Å². The van der Waals surface area contributed by atoms with Gasteiger partial charge in [0.15, 0.2) is 0 Å². The van der Waals surface area contributed by atoms with Crippen molar-refractivity contribution in [3.63, 3.8) is 0 Å². The molecule has 59 heavy (non-hydrogen) atoms. The summed E-state index contributed by atoms with van der Waals surface area (Å²) < 4.78 is 11.5. The number of aromatic nitrogens is 2. The molecule has 13 nitrogen and oxygen atoms in total. The normalized spacial score (nSPS) is 14.2. The maximum absolute atomic E-state index is 13.6. The smallest absolute Gasteiger partial charge is 0.408 e. The van der Waals surface area contributed by atoms with Crippen molar-refractivity contribution in [1.29, 1.82) is 10.5 Å². The largest absolute Gasteiger partial charge is 0.493 e. The minimum Gasteiger partial charge on any atom is -0.493 e. The van der Waals surface area contributed by atoms with Crippen molar-refractivity contribution in [2.75, 3.05) is 24.6 Å². The number of benzene rings is 2. The summed E-state index contributed by atoms with van der Waals surface area (Å²) in [6.45, 7) is 11.7. The van der Waals surface area contributed by atoms with Crippen LogP contribution in [0.5, 0.6) is 5.75 Å². The Bertz CT molecular complexity index is 2220. The van der Waals surface area contributed by atoms with E-state index in [1.54, 1.807) is 45.0 Å². The lowest BCUT2D eigenvalue weighted by Crippen LogP contribution is -2.60. The van der Waals surface area contributed by atoms with Crippen LogP contribution in [0.1, 0.15) is 84.0 Å². The summed E-state index contributed by atoms with van der Waals surface area (Å²) in [5.41, 5.74) is 1.04. The van der Waals surface area contributed by atoms with Crippen LogP contribution in [-0.4, -0.2) is 69.9 Å². The first-order chi connectivity index (χ1) is 28.0. The summed E-state index contributed by atoms with van der Waals surface area (Å²) in [4.78, 5) is 50.3. The van der Waals surface area contributed by atoms with Crippen LogP contribution in [0, 0.1) is 28.6 Å². The van der Waals surface area contributed by atoms with Gasteiger partial charge >= 0.3 is 12.1 Å². The zero-order valence-electron chi connectivity index (χ0n) is 33.9. The maximum atomic E-state index is 13.6. The Morgan fingerprint density at radius 1 is 0.983 bits per heavy atom. The van der Waals surface area contributed by atoms with Crippen molar-refractivity contribution in [3.05, 3.63) is 75.8 Å². The molecule has 2 aromatic heterocycles. The number of carboxylic acids is 1. The summed E-state index contributed by atoms with van der Waals surface area (Å²) in [5, 5.41) is 40.1. The number of pyridine rings is 1. The molecule has 2 atom stereocenters. The summed E-state index contributed by atoms with van der Waals surface area (Å²) >= 11 is 8.99. The number of halogens is 1. The topological polar surface area (TPSA) is 191 Å². The SMILES string of the molecule is CC(C)C[C@H](NC(=O)[C@@](C)(CCOc1ccc(-c2c(C#N)c(SCc3csc(-c4ccc(Cl)cc4)n3)nc(N3CCCC3)c2C#N)cc1)NC(=O)OC(C)(C)C)C(=O)O. The number of carbonyl (C=O) groups is 3.